The molecule has 1 unspecified atom stereocenters. The highest BCUT2D eigenvalue weighted by Crippen LogP contribution is 2.31. The second kappa shape index (κ2) is 6.80. The average molecular weight is 393 g/mol. The number of ketones is 1. The zero-order valence-corrected chi connectivity index (χ0v) is 15.8. The number of fused-ring (bicyclic) bond motifs is 1. The quantitative estimate of drug-likeness (QED) is 0.364. The fourth-order valence-corrected chi connectivity index (χ4v) is 3.95. The van der Waals surface area contributed by atoms with Gasteiger partial charge in [0.1, 0.15) is 5.54 Å². The summed E-state index contributed by atoms with van der Waals surface area (Å²) in [4.78, 5) is 49.5. The minimum absolute atomic E-state index is 0.182. The van der Waals surface area contributed by atoms with E-state index in [1.807, 2.05) is 12.1 Å². The van der Waals surface area contributed by atoms with Crippen LogP contribution in [0.3, 0.4) is 0 Å². The molecule has 0 aromatic heterocycles. The molecule has 1 fully saturated rings. The van der Waals surface area contributed by atoms with Crippen LogP contribution >= 0.6 is 0 Å². The predicted molar refractivity (Wildman–Crippen MR) is 103 cm³/mol. The zero-order valence-electron chi connectivity index (χ0n) is 15.8. The van der Waals surface area contributed by atoms with Crippen molar-refractivity contribution >= 4 is 23.4 Å². The minimum Gasteiger partial charge on any atom is -0.319 e. The van der Waals surface area contributed by atoms with E-state index < -0.39 is 22.4 Å². The lowest BCUT2D eigenvalue weighted by molar-refractivity contribution is -0.385. The summed E-state index contributed by atoms with van der Waals surface area (Å²) < 4.78 is 0. The molecule has 1 heterocycles. The van der Waals surface area contributed by atoms with Gasteiger partial charge in [0, 0.05) is 17.7 Å². The van der Waals surface area contributed by atoms with Crippen molar-refractivity contribution in [2.24, 2.45) is 0 Å². The number of nitro benzene ring substituents is 1. The van der Waals surface area contributed by atoms with E-state index in [1.165, 1.54) is 36.8 Å². The molecule has 8 heteroatoms. The molecule has 0 saturated carbocycles. The molecule has 8 nitrogen and oxygen atoms in total. The monoisotopic (exact) mass is 393 g/mol. The van der Waals surface area contributed by atoms with Crippen LogP contribution in [0.25, 0.3) is 0 Å². The minimum atomic E-state index is -1.47. The van der Waals surface area contributed by atoms with Gasteiger partial charge in [-0.3, -0.25) is 24.6 Å². The van der Waals surface area contributed by atoms with E-state index in [-0.39, 0.29) is 23.6 Å². The van der Waals surface area contributed by atoms with Gasteiger partial charge in [0.15, 0.2) is 5.78 Å². The van der Waals surface area contributed by atoms with Crippen LogP contribution in [0.15, 0.2) is 42.5 Å². The number of hydrogen-bond acceptors (Lipinski definition) is 5. The topological polar surface area (TPSA) is 110 Å². The summed E-state index contributed by atoms with van der Waals surface area (Å²) >= 11 is 0. The lowest BCUT2D eigenvalue weighted by atomic mass is 9.91. The van der Waals surface area contributed by atoms with Gasteiger partial charge >= 0.3 is 6.03 Å². The van der Waals surface area contributed by atoms with Gasteiger partial charge in [-0.15, -0.1) is 0 Å². The van der Waals surface area contributed by atoms with Crippen LogP contribution in [0.2, 0.25) is 0 Å². The molecule has 1 aliphatic carbocycles. The number of non-ortho nitro benzene ring substituents is 1. The second-order valence-corrected chi connectivity index (χ2v) is 7.51. The molecule has 1 N–H and O–H groups in total. The first-order valence-electron chi connectivity index (χ1n) is 9.33. The van der Waals surface area contributed by atoms with Gasteiger partial charge in [0.05, 0.1) is 11.5 Å². The Morgan fingerprint density at radius 3 is 2.69 bits per heavy atom. The number of carbonyl (C=O) groups excluding carboxylic acids is 3. The van der Waals surface area contributed by atoms with Crippen molar-refractivity contribution in [3.05, 3.63) is 74.8 Å². The molecule has 2 aromatic rings. The number of Topliss-reactive ketones (excluding diaryl/α,β-unsaturated/α-hetero) is 1. The average Bonchev–Trinajstić information content (AvgIpc) is 3.26. The van der Waals surface area contributed by atoms with E-state index in [2.05, 4.69) is 5.32 Å². The zero-order chi connectivity index (χ0) is 20.8. The molecule has 29 heavy (non-hydrogen) atoms. The van der Waals surface area contributed by atoms with Crippen molar-refractivity contribution < 1.29 is 19.3 Å². The number of nitrogens with one attached hydrogen (secondary N) is 1. The van der Waals surface area contributed by atoms with Gasteiger partial charge in [-0.25, -0.2) is 4.79 Å². The van der Waals surface area contributed by atoms with Crippen LogP contribution < -0.4 is 5.32 Å². The van der Waals surface area contributed by atoms with E-state index in [9.17, 15) is 24.5 Å². The number of carbonyl (C=O) groups is 3. The van der Waals surface area contributed by atoms with Crippen LogP contribution in [0, 0.1) is 10.1 Å². The van der Waals surface area contributed by atoms with Gasteiger partial charge in [0.2, 0.25) is 0 Å². The summed E-state index contributed by atoms with van der Waals surface area (Å²) in [6.45, 7) is 1.10. The Morgan fingerprint density at radius 1 is 1.17 bits per heavy atom. The number of nitro groups is 1. The fraction of sp³-hybridized carbons (Fsp3) is 0.286. The molecule has 1 saturated heterocycles. The number of amides is 3. The molecule has 0 bridgehead atoms. The van der Waals surface area contributed by atoms with Gasteiger partial charge in [-0.1, -0.05) is 24.3 Å². The maximum Gasteiger partial charge on any atom is 0.325 e. The Morgan fingerprint density at radius 2 is 1.93 bits per heavy atom. The van der Waals surface area contributed by atoms with Gasteiger partial charge < -0.3 is 5.32 Å². The van der Waals surface area contributed by atoms with E-state index >= 15 is 0 Å². The van der Waals surface area contributed by atoms with Crippen LogP contribution in [0.1, 0.15) is 40.4 Å². The largest absolute Gasteiger partial charge is 0.325 e. The standard InChI is InChI=1S/C21H19N3O5/c1-21(16-6-3-7-17(11-16)24(28)29)19(26)23(20(27)22-21)12-18(25)15-9-8-13-4-2-5-14(13)10-15/h3,6-11H,2,4-5,12H2,1H3,(H,22,27). The number of urea groups is 1. The van der Waals surface area contributed by atoms with Crippen LogP contribution in [0.4, 0.5) is 10.5 Å². The summed E-state index contributed by atoms with van der Waals surface area (Å²) in [5, 5.41) is 13.6. The highest BCUT2D eigenvalue weighted by molar-refractivity contribution is 6.11. The number of imide groups is 1. The van der Waals surface area contributed by atoms with E-state index in [0.29, 0.717) is 5.56 Å². The molecule has 0 spiro atoms. The molecule has 0 radical (unpaired) electrons. The third kappa shape index (κ3) is 3.16. The number of benzene rings is 2. The van der Waals surface area contributed by atoms with Crippen molar-refractivity contribution in [3.8, 4) is 0 Å². The second-order valence-electron chi connectivity index (χ2n) is 7.51. The van der Waals surface area contributed by atoms with Crippen molar-refractivity contribution in [2.75, 3.05) is 6.54 Å². The summed E-state index contributed by atoms with van der Waals surface area (Å²) in [7, 11) is 0. The molecule has 1 aliphatic heterocycles. The Kier molecular flexibility index (Phi) is 4.41. The van der Waals surface area contributed by atoms with Crippen LogP contribution in [-0.4, -0.2) is 34.1 Å². The molecular formula is C21H19N3O5. The third-order valence-electron chi connectivity index (χ3n) is 5.63. The first-order valence-corrected chi connectivity index (χ1v) is 9.33. The fourth-order valence-electron chi connectivity index (χ4n) is 3.95. The van der Waals surface area contributed by atoms with Gasteiger partial charge in [-0.2, -0.15) is 0 Å². The lowest BCUT2D eigenvalue weighted by Gasteiger charge is -2.22. The molecule has 148 valence electrons. The lowest BCUT2D eigenvalue weighted by Crippen LogP contribution is -2.41. The number of rotatable bonds is 5. The van der Waals surface area contributed by atoms with E-state index in [4.69, 9.17) is 0 Å². The van der Waals surface area contributed by atoms with Crippen molar-refractivity contribution in [1.82, 2.24) is 10.2 Å². The molecule has 2 aliphatic rings. The molecule has 1 atom stereocenters. The SMILES string of the molecule is CC1(c2cccc([N+](=O)[O-])c2)NC(=O)N(CC(=O)c2ccc3c(c2)CCC3)C1=O. The third-order valence-corrected chi connectivity index (χ3v) is 5.63. The van der Waals surface area contributed by atoms with E-state index in [1.54, 1.807) is 6.07 Å². The van der Waals surface area contributed by atoms with Crippen molar-refractivity contribution in [3.63, 3.8) is 0 Å². The summed E-state index contributed by atoms with van der Waals surface area (Å²) in [6, 6.07) is 10.3. The Balaban J connectivity index is 1.57. The summed E-state index contributed by atoms with van der Waals surface area (Å²) in [5.41, 5.74) is 1.47. The predicted octanol–water partition coefficient (Wildman–Crippen LogP) is 2.73. The normalized spacial score (nSPS) is 20.5. The van der Waals surface area contributed by atoms with Crippen molar-refractivity contribution in [1.29, 1.82) is 0 Å². The van der Waals surface area contributed by atoms with Crippen LogP contribution in [0.5, 0.6) is 0 Å². The molecule has 3 amide bonds. The van der Waals surface area contributed by atoms with Gasteiger partial charge in [-0.05, 0) is 48.9 Å². The smallest absolute Gasteiger partial charge is 0.319 e. The number of hydrogen-bond donors (Lipinski definition) is 1. The van der Waals surface area contributed by atoms with Crippen molar-refractivity contribution in [2.45, 2.75) is 31.7 Å². The first-order chi connectivity index (χ1) is 13.8. The number of nitrogens with zero attached hydrogens (tertiary/aromatic N) is 2. The Hall–Kier alpha value is -3.55. The van der Waals surface area contributed by atoms with Gasteiger partial charge in [0.25, 0.3) is 11.6 Å². The van der Waals surface area contributed by atoms with Crippen LogP contribution in [-0.2, 0) is 23.2 Å². The molecular weight excluding hydrogens is 374 g/mol. The maximum absolute atomic E-state index is 13.0. The van der Waals surface area contributed by atoms with E-state index in [0.717, 1.165) is 29.7 Å². The summed E-state index contributed by atoms with van der Waals surface area (Å²) in [6.07, 6.45) is 2.98. The molecule has 4 rings (SSSR count). The maximum atomic E-state index is 13.0. The molecule has 2 aromatic carbocycles. The highest BCUT2D eigenvalue weighted by atomic mass is 16.6. The Labute approximate surface area is 166 Å². The summed E-state index contributed by atoms with van der Waals surface area (Å²) in [5.74, 6) is -0.941. The number of aryl methyl sites for hydroxylation is 2. The Bertz CT molecular complexity index is 1060. The highest BCUT2D eigenvalue weighted by Gasteiger charge is 2.49. The first kappa shape index (κ1) is 18.8.